The maximum Gasteiger partial charge on any atom is 0.226 e. The molecule has 3 heteroatoms. The molecular formula is C11H20N2O. The van der Waals surface area contributed by atoms with Gasteiger partial charge in [-0.3, -0.25) is 4.79 Å². The summed E-state index contributed by atoms with van der Waals surface area (Å²) in [5, 5.41) is 0. The Kier molecular flexibility index (Phi) is 2.77. The number of likely N-dealkylation sites (tertiary alicyclic amines) is 1. The summed E-state index contributed by atoms with van der Waals surface area (Å²) in [6, 6.07) is 0.124. The van der Waals surface area contributed by atoms with Crippen molar-refractivity contribution in [2.75, 3.05) is 13.6 Å². The molecule has 0 radical (unpaired) electrons. The smallest absolute Gasteiger partial charge is 0.226 e. The molecule has 1 saturated heterocycles. The minimum Gasteiger partial charge on any atom is -0.345 e. The van der Waals surface area contributed by atoms with Gasteiger partial charge < -0.3 is 10.6 Å². The van der Waals surface area contributed by atoms with Crippen molar-refractivity contribution < 1.29 is 4.79 Å². The first-order valence-corrected chi connectivity index (χ1v) is 5.70. The van der Waals surface area contributed by atoms with Gasteiger partial charge in [0, 0.05) is 19.6 Å². The number of hydrogen-bond donors (Lipinski definition) is 1. The number of carbonyl (C=O) groups excluding carboxylic acids is 1. The molecule has 80 valence electrons. The first-order chi connectivity index (χ1) is 6.70. The maximum absolute atomic E-state index is 11.9. The van der Waals surface area contributed by atoms with E-state index in [-0.39, 0.29) is 17.9 Å². The van der Waals surface area contributed by atoms with E-state index in [1.165, 1.54) is 19.3 Å². The lowest BCUT2D eigenvalue weighted by Gasteiger charge is -2.39. The summed E-state index contributed by atoms with van der Waals surface area (Å²) in [4.78, 5) is 13.7. The van der Waals surface area contributed by atoms with E-state index in [2.05, 4.69) is 0 Å². The van der Waals surface area contributed by atoms with Crippen LogP contribution >= 0.6 is 0 Å². The molecule has 2 aliphatic rings. The standard InChI is InChI=1S/C11H20N2O/c1-13-7-3-6-9(11(13)14)10(12)8-4-2-5-8/h8-10H,2-7,12H2,1H3. The van der Waals surface area contributed by atoms with Crippen molar-refractivity contribution in [2.24, 2.45) is 17.6 Å². The average molecular weight is 196 g/mol. The van der Waals surface area contributed by atoms with Gasteiger partial charge in [0.15, 0.2) is 0 Å². The average Bonchev–Trinajstić information content (AvgIpc) is 2.06. The lowest BCUT2D eigenvalue weighted by molar-refractivity contribution is -0.138. The van der Waals surface area contributed by atoms with Crippen LogP contribution in [0.4, 0.5) is 0 Å². The highest BCUT2D eigenvalue weighted by Gasteiger charge is 2.37. The van der Waals surface area contributed by atoms with Gasteiger partial charge in [0.1, 0.15) is 0 Å². The van der Waals surface area contributed by atoms with Crippen molar-refractivity contribution in [1.82, 2.24) is 4.90 Å². The third-order valence-corrected chi connectivity index (χ3v) is 3.86. The molecule has 1 heterocycles. The summed E-state index contributed by atoms with van der Waals surface area (Å²) in [5.41, 5.74) is 6.16. The summed E-state index contributed by atoms with van der Waals surface area (Å²) in [5.74, 6) is 1.00. The first-order valence-electron chi connectivity index (χ1n) is 5.70. The van der Waals surface area contributed by atoms with Crippen LogP contribution in [0.2, 0.25) is 0 Å². The second-order valence-electron chi connectivity index (χ2n) is 4.78. The zero-order chi connectivity index (χ0) is 10.1. The van der Waals surface area contributed by atoms with Crippen molar-refractivity contribution in [1.29, 1.82) is 0 Å². The summed E-state index contributed by atoms with van der Waals surface area (Å²) < 4.78 is 0. The van der Waals surface area contributed by atoms with Gasteiger partial charge in [-0.15, -0.1) is 0 Å². The summed E-state index contributed by atoms with van der Waals surface area (Å²) >= 11 is 0. The second kappa shape index (κ2) is 3.89. The molecule has 0 bridgehead atoms. The third-order valence-electron chi connectivity index (χ3n) is 3.86. The Morgan fingerprint density at radius 3 is 2.64 bits per heavy atom. The van der Waals surface area contributed by atoms with E-state index < -0.39 is 0 Å². The van der Waals surface area contributed by atoms with E-state index >= 15 is 0 Å². The maximum atomic E-state index is 11.9. The predicted octanol–water partition coefficient (Wildman–Crippen LogP) is 0.982. The van der Waals surface area contributed by atoms with Gasteiger partial charge in [-0.1, -0.05) is 6.42 Å². The SMILES string of the molecule is CN1CCCC(C(N)C2CCC2)C1=O. The molecule has 14 heavy (non-hydrogen) atoms. The lowest BCUT2D eigenvalue weighted by Crippen LogP contribution is -2.50. The van der Waals surface area contributed by atoms with Crippen LogP contribution in [0.25, 0.3) is 0 Å². The molecule has 1 aliphatic carbocycles. The molecule has 1 aliphatic heterocycles. The van der Waals surface area contributed by atoms with Gasteiger partial charge in [0.2, 0.25) is 5.91 Å². The fraction of sp³-hybridized carbons (Fsp3) is 0.909. The van der Waals surface area contributed by atoms with Gasteiger partial charge >= 0.3 is 0 Å². The fourth-order valence-electron chi connectivity index (χ4n) is 2.58. The Morgan fingerprint density at radius 2 is 2.07 bits per heavy atom. The molecule has 1 saturated carbocycles. The molecular weight excluding hydrogens is 176 g/mol. The van der Waals surface area contributed by atoms with Crippen LogP contribution in [0, 0.1) is 11.8 Å². The van der Waals surface area contributed by atoms with Crippen molar-refractivity contribution in [3.63, 3.8) is 0 Å². The zero-order valence-corrected chi connectivity index (χ0v) is 8.91. The van der Waals surface area contributed by atoms with E-state index in [1.54, 1.807) is 0 Å². The number of nitrogens with two attached hydrogens (primary N) is 1. The lowest BCUT2D eigenvalue weighted by atomic mass is 9.73. The molecule has 0 aromatic carbocycles. The molecule has 3 nitrogen and oxygen atoms in total. The van der Waals surface area contributed by atoms with E-state index in [4.69, 9.17) is 5.73 Å². The van der Waals surface area contributed by atoms with Crippen molar-refractivity contribution in [3.05, 3.63) is 0 Å². The number of piperidine rings is 1. The van der Waals surface area contributed by atoms with Crippen molar-refractivity contribution in [2.45, 2.75) is 38.1 Å². The Labute approximate surface area is 85.6 Å². The van der Waals surface area contributed by atoms with Gasteiger partial charge in [0.05, 0.1) is 5.92 Å². The van der Waals surface area contributed by atoms with E-state index in [0.29, 0.717) is 5.92 Å². The number of hydrogen-bond acceptors (Lipinski definition) is 2. The highest BCUT2D eigenvalue weighted by molar-refractivity contribution is 5.80. The Hall–Kier alpha value is -0.570. The molecule has 2 unspecified atom stereocenters. The minimum absolute atomic E-state index is 0.110. The Morgan fingerprint density at radius 1 is 1.36 bits per heavy atom. The van der Waals surface area contributed by atoms with Crippen molar-refractivity contribution in [3.8, 4) is 0 Å². The number of nitrogens with zero attached hydrogens (tertiary/aromatic N) is 1. The van der Waals surface area contributed by atoms with Crippen LogP contribution in [-0.4, -0.2) is 30.4 Å². The Bertz CT molecular complexity index is 225. The summed E-state index contributed by atoms with van der Waals surface area (Å²) in [6.45, 7) is 0.909. The fourth-order valence-corrected chi connectivity index (χ4v) is 2.58. The molecule has 2 N–H and O–H groups in total. The van der Waals surface area contributed by atoms with Gasteiger partial charge in [-0.05, 0) is 31.6 Å². The van der Waals surface area contributed by atoms with Crippen LogP contribution in [-0.2, 0) is 4.79 Å². The molecule has 0 spiro atoms. The molecule has 0 aromatic rings. The third kappa shape index (κ3) is 1.65. The molecule has 2 fully saturated rings. The first kappa shape index (κ1) is 9.97. The molecule has 2 rings (SSSR count). The second-order valence-corrected chi connectivity index (χ2v) is 4.78. The van der Waals surface area contributed by atoms with Crippen LogP contribution in [0.15, 0.2) is 0 Å². The van der Waals surface area contributed by atoms with Crippen LogP contribution in [0.1, 0.15) is 32.1 Å². The largest absolute Gasteiger partial charge is 0.345 e. The molecule has 0 aromatic heterocycles. The van der Waals surface area contributed by atoms with Gasteiger partial charge in [-0.25, -0.2) is 0 Å². The predicted molar refractivity (Wildman–Crippen MR) is 55.7 cm³/mol. The monoisotopic (exact) mass is 196 g/mol. The highest BCUT2D eigenvalue weighted by atomic mass is 16.2. The van der Waals surface area contributed by atoms with E-state index in [0.717, 1.165) is 19.4 Å². The number of carbonyl (C=O) groups is 1. The van der Waals surface area contributed by atoms with Gasteiger partial charge in [0.25, 0.3) is 0 Å². The van der Waals surface area contributed by atoms with E-state index in [9.17, 15) is 4.79 Å². The number of rotatable bonds is 2. The highest BCUT2D eigenvalue weighted by Crippen LogP contribution is 2.34. The quantitative estimate of drug-likeness (QED) is 0.715. The number of amides is 1. The Balaban J connectivity index is 1.97. The summed E-state index contributed by atoms with van der Waals surface area (Å²) in [6.07, 6.45) is 5.88. The molecule has 1 amide bonds. The van der Waals surface area contributed by atoms with Crippen LogP contribution in [0.3, 0.4) is 0 Å². The van der Waals surface area contributed by atoms with Crippen molar-refractivity contribution >= 4 is 5.91 Å². The normalized spacial score (nSPS) is 31.4. The molecule has 2 atom stereocenters. The van der Waals surface area contributed by atoms with Gasteiger partial charge in [-0.2, -0.15) is 0 Å². The summed E-state index contributed by atoms with van der Waals surface area (Å²) in [7, 11) is 1.89. The van der Waals surface area contributed by atoms with E-state index in [1.807, 2.05) is 11.9 Å². The minimum atomic E-state index is 0.110. The topological polar surface area (TPSA) is 46.3 Å². The van der Waals surface area contributed by atoms with Crippen LogP contribution in [0.5, 0.6) is 0 Å². The zero-order valence-electron chi connectivity index (χ0n) is 8.91. The van der Waals surface area contributed by atoms with Crippen LogP contribution < -0.4 is 5.73 Å².